The second-order valence-corrected chi connectivity index (χ2v) is 3.67. The molecule has 2 rings (SSSR count). The molecule has 0 spiro atoms. The van der Waals surface area contributed by atoms with Gasteiger partial charge in [0.1, 0.15) is 17.3 Å². The molecule has 86 valence electrons. The van der Waals surface area contributed by atoms with Crippen molar-refractivity contribution < 1.29 is 13.6 Å². The second-order valence-electron chi connectivity index (χ2n) is 3.67. The number of ketones is 1. The van der Waals surface area contributed by atoms with Gasteiger partial charge >= 0.3 is 0 Å². The van der Waals surface area contributed by atoms with E-state index in [9.17, 15) is 13.6 Å². The van der Waals surface area contributed by atoms with Crippen molar-refractivity contribution >= 4 is 5.78 Å². The first-order valence-electron chi connectivity index (χ1n) is 5.00. The number of rotatable bonds is 2. The fourth-order valence-corrected chi connectivity index (χ4v) is 1.41. The predicted octanol–water partition coefficient (Wildman–Crippen LogP) is 2.90. The molecule has 0 aliphatic heterocycles. The Hall–Kier alpha value is -2.10. The topological polar surface area (TPSA) is 30.0 Å². The minimum atomic E-state index is -0.751. The molecule has 17 heavy (non-hydrogen) atoms. The highest BCUT2D eigenvalue weighted by Gasteiger charge is 2.15. The Kier molecular flexibility index (Phi) is 2.95. The van der Waals surface area contributed by atoms with Gasteiger partial charge in [0.25, 0.3) is 0 Å². The smallest absolute Gasteiger partial charge is 0.214 e. The maximum atomic E-state index is 13.4. The van der Waals surface area contributed by atoms with Crippen LogP contribution in [0.3, 0.4) is 0 Å². The van der Waals surface area contributed by atoms with Gasteiger partial charge < -0.3 is 0 Å². The third-order valence-corrected chi connectivity index (χ3v) is 2.32. The van der Waals surface area contributed by atoms with E-state index < -0.39 is 17.4 Å². The maximum Gasteiger partial charge on any atom is 0.214 e. The third kappa shape index (κ3) is 2.36. The van der Waals surface area contributed by atoms with Gasteiger partial charge in [-0.15, -0.1) is 0 Å². The summed E-state index contributed by atoms with van der Waals surface area (Å²) in [5, 5.41) is 0. The molecule has 0 fully saturated rings. The molecular formula is C13H9F2NO. The van der Waals surface area contributed by atoms with Crippen LogP contribution in [-0.2, 0) is 0 Å². The predicted molar refractivity (Wildman–Crippen MR) is 58.8 cm³/mol. The quantitative estimate of drug-likeness (QED) is 0.746. The van der Waals surface area contributed by atoms with E-state index in [4.69, 9.17) is 0 Å². The van der Waals surface area contributed by atoms with E-state index in [-0.39, 0.29) is 11.3 Å². The van der Waals surface area contributed by atoms with Gasteiger partial charge in [0.15, 0.2) is 0 Å². The molecule has 0 aliphatic rings. The fourth-order valence-electron chi connectivity index (χ4n) is 1.41. The summed E-state index contributed by atoms with van der Waals surface area (Å²) in [7, 11) is 0. The number of nitrogens with zero attached hydrogens (tertiary/aromatic N) is 1. The van der Waals surface area contributed by atoms with E-state index in [1.807, 2.05) is 6.92 Å². The molecule has 0 amide bonds. The Morgan fingerprint density at radius 2 is 1.94 bits per heavy atom. The molecule has 0 unspecified atom stereocenters. The zero-order chi connectivity index (χ0) is 12.4. The average molecular weight is 233 g/mol. The highest BCUT2D eigenvalue weighted by atomic mass is 19.1. The summed E-state index contributed by atoms with van der Waals surface area (Å²) in [6.07, 6.45) is 1.50. The maximum absolute atomic E-state index is 13.4. The van der Waals surface area contributed by atoms with Crippen LogP contribution in [0, 0.1) is 18.6 Å². The second kappa shape index (κ2) is 4.41. The molecule has 0 atom stereocenters. The zero-order valence-electron chi connectivity index (χ0n) is 9.08. The first kappa shape index (κ1) is 11.4. The number of carbonyl (C=O) groups is 1. The normalized spacial score (nSPS) is 10.3. The van der Waals surface area contributed by atoms with Crippen LogP contribution >= 0.6 is 0 Å². The monoisotopic (exact) mass is 233 g/mol. The lowest BCUT2D eigenvalue weighted by atomic mass is 10.1. The van der Waals surface area contributed by atoms with Crippen molar-refractivity contribution in [3.05, 3.63) is 65.0 Å². The molecule has 0 aliphatic carbocycles. The number of aromatic nitrogens is 1. The minimum Gasteiger partial charge on any atom is -0.287 e. The van der Waals surface area contributed by atoms with Gasteiger partial charge in [0, 0.05) is 6.20 Å². The van der Waals surface area contributed by atoms with Gasteiger partial charge in [-0.05, 0) is 36.8 Å². The number of aryl methyl sites for hydroxylation is 1. The van der Waals surface area contributed by atoms with Crippen molar-refractivity contribution in [2.24, 2.45) is 0 Å². The van der Waals surface area contributed by atoms with Gasteiger partial charge in [0.05, 0.1) is 5.56 Å². The molecule has 0 saturated carbocycles. The molecule has 2 aromatic rings. The van der Waals surface area contributed by atoms with Crippen molar-refractivity contribution in [2.45, 2.75) is 6.92 Å². The van der Waals surface area contributed by atoms with Crippen LogP contribution in [0.2, 0.25) is 0 Å². The Bertz CT molecular complexity index is 564. The first-order chi connectivity index (χ1) is 8.08. The van der Waals surface area contributed by atoms with E-state index in [1.54, 1.807) is 6.07 Å². The largest absolute Gasteiger partial charge is 0.287 e. The Morgan fingerprint density at radius 1 is 1.18 bits per heavy atom. The summed E-state index contributed by atoms with van der Waals surface area (Å²) in [5.74, 6) is -2.03. The molecular weight excluding hydrogens is 224 g/mol. The van der Waals surface area contributed by atoms with Crippen molar-refractivity contribution in [3.8, 4) is 0 Å². The number of hydrogen-bond donors (Lipinski definition) is 0. The average Bonchev–Trinajstić information content (AvgIpc) is 2.32. The number of benzene rings is 1. The Balaban J connectivity index is 2.43. The van der Waals surface area contributed by atoms with Crippen molar-refractivity contribution in [2.75, 3.05) is 0 Å². The lowest BCUT2D eigenvalue weighted by molar-refractivity contribution is 0.103. The SMILES string of the molecule is Cc1ccc(C(=O)c2cc(F)ccc2F)nc1. The molecule has 1 aromatic carbocycles. The fraction of sp³-hybridized carbons (Fsp3) is 0.0769. The van der Waals surface area contributed by atoms with E-state index in [1.165, 1.54) is 12.3 Å². The van der Waals surface area contributed by atoms with Crippen LogP contribution in [0.25, 0.3) is 0 Å². The third-order valence-electron chi connectivity index (χ3n) is 2.32. The van der Waals surface area contributed by atoms with Crippen LogP contribution in [0.5, 0.6) is 0 Å². The highest BCUT2D eigenvalue weighted by molar-refractivity contribution is 6.07. The number of halogens is 2. The number of carbonyl (C=O) groups excluding carboxylic acids is 1. The first-order valence-corrected chi connectivity index (χ1v) is 5.00. The van der Waals surface area contributed by atoms with Crippen molar-refractivity contribution in [1.29, 1.82) is 0 Å². The van der Waals surface area contributed by atoms with Gasteiger partial charge in [-0.2, -0.15) is 0 Å². The summed E-state index contributed by atoms with van der Waals surface area (Å²) in [6, 6.07) is 5.95. The minimum absolute atomic E-state index is 0.0973. The van der Waals surface area contributed by atoms with Gasteiger partial charge in [0.2, 0.25) is 5.78 Å². The molecule has 0 bridgehead atoms. The van der Waals surface area contributed by atoms with Crippen LogP contribution in [-0.4, -0.2) is 10.8 Å². The molecule has 2 nitrogen and oxygen atoms in total. The molecule has 0 radical (unpaired) electrons. The van der Waals surface area contributed by atoms with Crippen LogP contribution in [0.1, 0.15) is 21.6 Å². The highest BCUT2D eigenvalue weighted by Crippen LogP contribution is 2.14. The summed E-state index contributed by atoms with van der Waals surface area (Å²) < 4.78 is 26.3. The summed E-state index contributed by atoms with van der Waals surface area (Å²) in [6.45, 7) is 1.82. The van der Waals surface area contributed by atoms with E-state index in [0.717, 1.165) is 23.8 Å². The van der Waals surface area contributed by atoms with Crippen LogP contribution < -0.4 is 0 Å². The lowest BCUT2D eigenvalue weighted by Gasteiger charge is -2.02. The van der Waals surface area contributed by atoms with Gasteiger partial charge in [-0.3, -0.25) is 9.78 Å². The molecule has 4 heteroatoms. The molecule has 0 saturated heterocycles. The van der Waals surface area contributed by atoms with Crippen molar-refractivity contribution in [3.63, 3.8) is 0 Å². The lowest BCUT2D eigenvalue weighted by Crippen LogP contribution is -2.07. The van der Waals surface area contributed by atoms with E-state index in [0.29, 0.717) is 0 Å². The van der Waals surface area contributed by atoms with E-state index >= 15 is 0 Å². The summed E-state index contributed by atoms with van der Waals surface area (Å²) in [5.41, 5.74) is 0.683. The van der Waals surface area contributed by atoms with Gasteiger partial charge in [-0.1, -0.05) is 6.07 Å². The van der Waals surface area contributed by atoms with Crippen LogP contribution in [0.15, 0.2) is 36.5 Å². The Morgan fingerprint density at radius 3 is 2.59 bits per heavy atom. The zero-order valence-corrected chi connectivity index (χ0v) is 9.08. The number of pyridine rings is 1. The Labute approximate surface area is 96.9 Å². The van der Waals surface area contributed by atoms with Crippen LogP contribution in [0.4, 0.5) is 8.78 Å². The number of hydrogen-bond acceptors (Lipinski definition) is 2. The summed E-state index contributed by atoms with van der Waals surface area (Å²) in [4.78, 5) is 15.7. The van der Waals surface area contributed by atoms with Crippen molar-refractivity contribution in [1.82, 2.24) is 4.98 Å². The van der Waals surface area contributed by atoms with Gasteiger partial charge in [-0.25, -0.2) is 8.78 Å². The molecule has 1 aromatic heterocycles. The standard InChI is InChI=1S/C13H9F2NO/c1-8-2-5-12(16-7-8)13(17)10-6-9(14)3-4-11(10)15/h2-7H,1H3. The molecule has 1 heterocycles. The molecule has 0 N–H and O–H groups in total. The van der Waals surface area contributed by atoms with E-state index in [2.05, 4.69) is 4.98 Å². The summed E-state index contributed by atoms with van der Waals surface area (Å²) >= 11 is 0.